The highest BCUT2D eigenvalue weighted by Gasteiger charge is 2.21. The summed E-state index contributed by atoms with van der Waals surface area (Å²) in [5.74, 6) is -0.421. The molecule has 1 aromatic rings. The lowest BCUT2D eigenvalue weighted by Gasteiger charge is -2.22. The quantitative estimate of drug-likeness (QED) is 0.505. The molecule has 1 N–H and O–H groups in total. The van der Waals surface area contributed by atoms with Crippen molar-refractivity contribution >= 4 is 27.5 Å². The number of hydrogen-bond donors (Lipinski definition) is 1. The van der Waals surface area contributed by atoms with Crippen molar-refractivity contribution in [2.75, 3.05) is 6.54 Å². The maximum absolute atomic E-state index is 12.0. The monoisotopic (exact) mass is 342 g/mol. The summed E-state index contributed by atoms with van der Waals surface area (Å²) in [5.41, 5.74) is 0.0670. The van der Waals surface area contributed by atoms with E-state index in [1.54, 1.807) is 12.1 Å². The number of hydrogen-bond acceptors (Lipinski definition) is 3. The molecule has 1 amide bonds. The number of carbonyl (C=O) groups is 1. The molecular formula is C14H19BrN2O3. The predicted molar refractivity (Wildman–Crippen MR) is 82.2 cm³/mol. The number of nitro groups is 1. The van der Waals surface area contributed by atoms with E-state index < -0.39 is 10.8 Å². The number of para-hydroxylation sites is 1. The van der Waals surface area contributed by atoms with E-state index >= 15 is 0 Å². The van der Waals surface area contributed by atoms with Crippen LogP contribution in [0.5, 0.6) is 0 Å². The number of alkyl halides is 1. The van der Waals surface area contributed by atoms with Crippen molar-refractivity contribution < 1.29 is 9.72 Å². The van der Waals surface area contributed by atoms with Gasteiger partial charge in [0.1, 0.15) is 5.56 Å². The second-order valence-corrected chi connectivity index (χ2v) is 7.14. The molecule has 0 bridgehead atoms. The van der Waals surface area contributed by atoms with Gasteiger partial charge in [-0.1, -0.05) is 48.8 Å². The van der Waals surface area contributed by atoms with Crippen LogP contribution in [-0.2, 0) is 0 Å². The van der Waals surface area contributed by atoms with E-state index in [9.17, 15) is 14.9 Å². The minimum Gasteiger partial charge on any atom is -0.351 e. The van der Waals surface area contributed by atoms with Crippen molar-refractivity contribution in [3.8, 4) is 0 Å². The van der Waals surface area contributed by atoms with Gasteiger partial charge in [-0.25, -0.2) is 0 Å². The SMILES string of the molecule is CC(C)(C)CC(Br)CNC(=O)c1ccccc1[N+](=O)[O-]. The number of carbonyl (C=O) groups excluding carboxylic acids is 1. The van der Waals surface area contributed by atoms with Crippen LogP contribution in [0.1, 0.15) is 37.6 Å². The first kappa shape index (κ1) is 16.6. The van der Waals surface area contributed by atoms with E-state index in [0.717, 1.165) is 6.42 Å². The predicted octanol–water partition coefficient (Wildman–Crippen LogP) is 3.52. The minimum atomic E-state index is -0.546. The second-order valence-electron chi connectivity index (χ2n) is 5.85. The Morgan fingerprint density at radius 2 is 2.00 bits per heavy atom. The largest absolute Gasteiger partial charge is 0.351 e. The first-order chi connectivity index (χ1) is 9.20. The van der Waals surface area contributed by atoms with Crippen molar-refractivity contribution in [2.24, 2.45) is 5.41 Å². The van der Waals surface area contributed by atoms with Crippen LogP contribution in [0.25, 0.3) is 0 Å². The van der Waals surface area contributed by atoms with Crippen molar-refractivity contribution in [1.82, 2.24) is 5.32 Å². The van der Waals surface area contributed by atoms with Gasteiger partial charge in [-0.3, -0.25) is 14.9 Å². The van der Waals surface area contributed by atoms with Crippen LogP contribution in [0.3, 0.4) is 0 Å². The van der Waals surface area contributed by atoms with Crippen LogP contribution in [-0.4, -0.2) is 22.2 Å². The van der Waals surface area contributed by atoms with Crippen molar-refractivity contribution in [1.29, 1.82) is 0 Å². The molecule has 1 unspecified atom stereocenters. The van der Waals surface area contributed by atoms with Gasteiger partial charge in [0.2, 0.25) is 0 Å². The zero-order valence-electron chi connectivity index (χ0n) is 11.9. The number of nitro benzene ring substituents is 1. The highest BCUT2D eigenvalue weighted by atomic mass is 79.9. The fourth-order valence-corrected chi connectivity index (χ4v) is 2.99. The summed E-state index contributed by atoms with van der Waals surface area (Å²) >= 11 is 3.51. The normalized spacial score (nSPS) is 12.8. The average Bonchev–Trinajstić information content (AvgIpc) is 2.33. The lowest BCUT2D eigenvalue weighted by Crippen LogP contribution is -2.31. The summed E-state index contributed by atoms with van der Waals surface area (Å²) in [4.78, 5) is 22.5. The van der Waals surface area contributed by atoms with Crippen LogP contribution in [0.4, 0.5) is 5.69 Å². The molecule has 0 aliphatic rings. The highest BCUT2D eigenvalue weighted by molar-refractivity contribution is 9.09. The van der Waals surface area contributed by atoms with Gasteiger partial charge < -0.3 is 5.32 Å². The van der Waals surface area contributed by atoms with Crippen LogP contribution >= 0.6 is 15.9 Å². The molecule has 0 aliphatic carbocycles. The van der Waals surface area contributed by atoms with E-state index in [2.05, 4.69) is 42.0 Å². The molecule has 1 atom stereocenters. The van der Waals surface area contributed by atoms with E-state index in [1.165, 1.54) is 12.1 Å². The molecule has 0 radical (unpaired) electrons. The fraction of sp³-hybridized carbons (Fsp3) is 0.500. The van der Waals surface area contributed by atoms with Gasteiger partial charge in [0.05, 0.1) is 4.92 Å². The van der Waals surface area contributed by atoms with Crippen molar-refractivity contribution in [3.05, 3.63) is 39.9 Å². The Kier molecular flexibility index (Phi) is 5.68. The third kappa shape index (κ3) is 5.28. The summed E-state index contributed by atoms with van der Waals surface area (Å²) in [6.07, 6.45) is 0.893. The van der Waals surface area contributed by atoms with E-state index in [0.29, 0.717) is 6.54 Å². The minimum absolute atomic E-state index is 0.0907. The van der Waals surface area contributed by atoms with Crippen LogP contribution in [0.2, 0.25) is 0 Å². The van der Waals surface area contributed by atoms with Crippen LogP contribution < -0.4 is 5.32 Å². The smallest absolute Gasteiger partial charge is 0.282 e. The molecule has 0 heterocycles. The van der Waals surface area contributed by atoms with E-state index in [4.69, 9.17) is 0 Å². The zero-order valence-corrected chi connectivity index (χ0v) is 13.4. The molecule has 0 spiro atoms. The molecule has 1 aromatic carbocycles. The molecule has 0 aliphatic heterocycles. The fourth-order valence-electron chi connectivity index (χ4n) is 1.86. The van der Waals surface area contributed by atoms with Gasteiger partial charge in [0, 0.05) is 17.4 Å². The summed E-state index contributed by atoms with van der Waals surface area (Å²) in [6.45, 7) is 6.78. The molecule has 20 heavy (non-hydrogen) atoms. The summed E-state index contributed by atoms with van der Waals surface area (Å²) < 4.78 is 0. The first-order valence-electron chi connectivity index (χ1n) is 6.36. The number of rotatable bonds is 5. The first-order valence-corrected chi connectivity index (χ1v) is 7.28. The number of nitrogens with one attached hydrogen (secondary N) is 1. The third-order valence-electron chi connectivity index (χ3n) is 2.66. The maximum atomic E-state index is 12.0. The number of benzene rings is 1. The lowest BCUT2D eigenvalue weighted by molar-refractivity contribution is -0.385. The molecular weight excluding hydrogens is 324 g/mol. The Hall–Kier alpha value is -1.43. The van der Waals surface area contributed by atoms with Gasteiger partial charge >= 0.3 is 0 Å². The molecule has 0 aromatic heterocycles. The Morgan fingerprint density at radius 3 is 2.55 bits per heavy atom. The van der Waals surface area contributed by atoms with Gasteiger partial charge in [-0.05, 0) is 17.9 Å². The van der Waals surface area contributed by atoms with E-state index in [1.807, 2.05) is 0 Å². The molecule has 1 rings (SSSR count). The number of amides is 1. The third-order valence-corrected chi connectivity index (χ3v) is 3.31. The summed E-state index contributed by atoms with van der Waals surface area (Å²) in [6, 6.07) is 5.95. The van der Waals surface area contributed by atoms with Gasteiger partial charge in [-0.2, -0.15) is 0 Å². The zero-order chi connectivity index (χ0) is 15.3. The molecule has 6 heteroatoms. The second kappa shape index (κ2) is 6.83. The van der Waals surface area contributed by atoms with Gasteiger partial charge in [-0.15, -0.1) is 0 Å². The Labute approximate surface area is 127 Å². The van der Waals surface area contributed by atoms with Crippen molar-refractivity contribution in [2.45, 2.75) is 32.0 Å². The molecule has 5 nitrogen and oxygen atoms in total. The molecule has 0 saturated heterocycles. The number of nitrogens with zero attached hydrogens (tertiary/aromatic N) is 1. The Morgan fingerprint density at radius 1 is 1.40 bits per heavy atom. The van der Waals surface area contributed by atoms with Crippen LogP contribution in [0, 0.1) is 15.5 Å². The average molecular weight is 343 g/mol. The lowest BCUT2D eigenvalue weighted by atomic mass is 9.90. The van der Waals surface area contributed by atoms with Gasteiger partial charge in [0.25, 0.3) is 11.6 Å². The topological polar surface area (TPSA) is 72.2 Å². The molecule has 110 valence electrons. The Balaban J connectivity index is 2.66. The summed E-state index contributed by atoms with van der Waals surface area (Å²) in [7, 11) is 0. The maximum Gasteiger partial charge on any atom is 0.282 e. The Bertz CT molecular complexity index is 497. The van der Waals surface area contributed by atoms with Crippen molar-refractivity contribution in [3.63, 3.8) is 0 Å². The highest BCUT2D eigenvalue weighted by Crippen LogP contribution is 2.24. The summed E-state index contributed by atoms with van der Waals surface area (Å²) in [5, 5.41) is 13.6. The standard InChI is InChI=1S/C14H19BrN2O3/c1-14(2,3)8-10(15)9-16-13(18)11-6-4-5-7-12(11)17(19)20/h4-7,10H,8-9H2,1-3H3,(H,16,18). The van der Waals surface area contributed by atoms with Crippen LogP contribution in [0.15, 0.2) is 24.3 Å². The van der Waals surface area contributed by atoms with Gasteiger partial charge in [0.15, 0.2) is 0 Å². The molecule has 0 fully saturated rings. The van der Waals surface area contributed by atoms with E-state index in [-0.39, 0.29) is 21.5 Å². The molecule has 0 saturated carbocycles. The number of halogens is 1.